The van der Waals surface area contributed by atoms with Gasteiger partial charge in [-0.1, -0.05) is 47.5 Å². The maximum absolute atomic E-state index is 14.9. The highest BCUT2D eigenvalue weighted by Gasteiger charge is 2.36. The first-order chi connectivity index (χ1) is 40.6. The van der Waals surface area contributed by atoms with Crippen molar-refractivity contribution in [1.29, 1.82) is 0 Å². The average Bonchev–Trinajstić information content (AvgIpc) is 1.41. The molecule has 0 atom stereocenters. The summed E-state index contributed by atoms with van der Waals surface area (Å²) >= 11 is 11.5. The Morgan fingerprint density at radius 2 is 1.00 bits per heavy atom. The molecule has 0 fully saturated rings. The number of hydrogen-bond acceptors (Lipinski definition) is 13. The first-order valence-electron chi connectivity index (χ1n) is 26.2. The lowest BCUT2D eigenvalue weighted by Gasteiger charge is -2.31. The zero-order valence-electron chi connectivity index (χ0n) is 46.8. The fourth-order valence-electron chi connectivity index (χ4n) is 8.75. The van der Waals surface area contributed by atoms with Gasteiger partial charge in [0, 0.05) is 75.4 Å². The number of aryl methyl sites for hydroxylation is 2. The van der Waals surface area contributed by atoms with Crippen LogP contribution in [0.2, 0.25) is 10.0 Å². The third kappa shape index (κ3) is 14.9. The summed E-state index contributed by atoms with van der Waals surface area (Å²) < 4.78 is 59.4. The number of amides is 5. The van der Waals surface area contributed by atoms with E-state index >= 15 is 0 Å². The van der Waals surface area contributed by atoms with E-state index in [1.807, 2.05) is 44.9 Å². The number of carboxylic acids is 1. The maximum Gasteiger partial charge on any atom is 0.335 e. The lowest BCUT2D eigenvalue weighted by molar-refractivity contribution is 0.0696. The Bertz CT molecular complexity index is 3750. The molecule has 6 aromatic carbocycles. The van der Waals surface area contributed by atoms with Gasteiger partial charge < -0.3 is 47.2 Å². The third-order valence-corrected chi connectivity index (χ3v) is 13.6. The number of nitrogens with two attached hydrogens (primary N) is 1. The van der Waals surface area contributed by atoms with E-state index in [9.17, 15) is 41.8 Å². The molecular formula is C60H58Cl2F4N14O5. The van der Waals surface area contributed by atoms with Crippen molar-refractivity contribution in [2.75, 3.05) is 85.9 Å². The predicted octanol–water partition coefficient (Wildman–Crippen LogP) is 11.7. The molecular weight excluding hydrogens is 1140 g/mol. The summed E-state index contributed by atoms with van der Waals surface area (Å²) in [5.41, 5.74) is 10.2. The molecule has 440 valence electrons. The van der Waals surface area contributed by atoms with Crippen LogP contribution in [0.4, 0.5) is 73.4 Å². The summed E-state index contributed by atoms with van der Waals surface area (Å²) in [6.45, 7) is 5.88. The molecule has 25 heteroatoms. The molecule has 2 aromatic heterocycles. The van der Waals surface area contributed by atoms with E-state index in [4.69, 9.17) is 33.9 Å². The van der Waals surface area contributed by atoms with Gasteiger partial charge in [0.1, 0.15) is 34.6 Å². The van der Waals surface area contributed by atoms with Gasteiger partial charge in [-0.05, 0) is 150 Å². The molecule has 2 aliphatic heterocycles. The highest BCUT2D eigenvalue weighted by molar-refractivity contribution is 6.31. The number of aromatic carboxylic acids is 1. The van der Waals surface area contributed by atoms with E-state index in [2.05, 4.69) is 41.5 Å². The van der Waals surface area contributed by atoms with Gasteiger partial charge in [0.05, 0.1) is 30.0 Å². The lowest BCUT2D eigenvalue weighted by atomic mass is 9.97. The Balaban J connectivity index is 0.000000198. The van der Waals surface area contributed by atoms with Gasteiger partial charge >= 0.3 is 18.0 Å². The van der Waals surface area contributed by atoms with Crippen molar-refractivity contribution < 1.29 is 41.8 Å². The van der Waals surface area contributed by atoms with Crippen LogP contribution in [0.15, 0.2) is 121 Å². The number of hydrogen-bond donors (Lipinski definition) is 7. The maximum atomic E-state index is 14.9. The summed E-state index contributed by atoms with van der Waals surface area (Å²) in [4.78, 5) is 74.7. The number of carbonyl (C=O) groups excluding carboxylic acids is 3. The minimum atomic E-state index is -1.11. The second-order valence-corrected chi connectivity index (χ2v) is 20.7. The van der Waals surface area contributed by atoms with E-state index in [1.165, 1.54) is 24.3 Å². The Morgan fingerprint density at radius 1 is 0.600 bits per heavy atom. The molecule has 5 amide bonds. The molecule has 4 heterocycles. The molecule has 0 spiro atoms. The van der Waals surface area contributed by atoms with Crippen molar-refractivity contribution in [3.63, 3.8) is 0 Å². The number of fused-ring (bicyclic) bond motifs is 2. The number of carboxylic acid groups (broad SMARTS) is 1. The summed E-state index contributed by atoms with van der Waals surface area (Å²) in [6, 6.07) is 28.8. The molecule has 0 saturated carbocycles. The standard InChI is InChI=1S/C30H28ClF2N7O2.C24H24F2N6O3.C6H6ClN/c1-17-7-8-18(28(41)36-20-11-9-19(31)10-12-20)15-21(17)25-22-16-35-30(42)40(26-23(32)5-4-6-24(26)33)27(22)38-29(37-25)34-13-14-39(2)3;1-13-7-8-14(22(33)34)11-15(13)19-16-12-28-24(35)32(20-17(25)5-4-6-18(20)26)21(16)30-23(29-19)27-9-10-31(2)3;7-5-1-3-6(8)4-2-5/h4-12,15H,13-14,16H2,1-3H3,(H,35,42)(H,36,41)(H,34,37,38);4-8,11H,9-10,12H2,1-3H3,(H,28,35)(H,33,34)(H,27,29,30);1-4H,8H2. The van der Waals surface area contributed by atoms with E-state index in [1.54, 1.807) is 79.7 Å². The SMILES string of the molecule is Cc1ccc(C(=O)Nc2ccc(Cl)cc2)cc1-c1nc(NCCN(C)C)nc2c1CNC(=O)N2c1c(F)cccc1F.Cc1ccc(C(=O)O)cc1-c1nc(NCCN(C)C)nc2c1CNC(=O)N2c1c(F)cccc1F.Nc1ccc(Cl)cc1. The number of anilines is 8. The fraction of sp³-hybridized carbons (Fsp3) is 0.200. The smallest absolute Gasteiger partial charge is 0.335 e. The molecule has 85 heavy (non-hydrogen) atoms. The summed E-state index contributed by atoms with van der Waals surface area (Å²) in [5, 5.41) is 25.1. The highest BCUT2D eigenvalue weighted by atomic mass is 35.5. The number of nitrogens with one attached hydrogen (secondary N) is 5. The lowest BCUT2D eigenvalue weighted by Crippen LogP contribution is -2.43. The molecule has 8 N–H and O–H groups in total. The van der Waals surface area contributed by atoms with E-state index < -0.39 is 52.7 Å². The van der Waals surface area contributed by atoms with Gasteiger partial charge in [-0.2, -0.15) is 9.97 Å². The number of aromatic nitrogens is 4. The second kappa shape index (κ2) is 27.3. The first kappa shape index (κ1) is 61.6. The van der Waals surface area contributed by atoms with Crippen molar-refractivity contribution in [3.8, 4) is 22.5 Å². The Hall–Kier alpha value is -9.42. The second-order valence-electron chi connectivity index (χ2n) is 19.9. The minimum Gasteiger partial charge on any atom is -0.478 e. The Labute approximate surface area is 496 Å². The zero-order chi connectivity index (χ0) is 61.2. The van der Waals surface area contributed by atoms with Crippen molar-refractivity contribution in [2.24, 2.45) is 0 Å². The molecule has 10 rings (SSSR count). The Kier molecular flexibility index (Phi) is 19.8. The van der Waals surface area contributed by atoms with Crippen LogP contribution in [0.25, 0.3) is 22.5 Å². The number of nitrogen functional groups attached to an aromatic ring is 1. The van der Waals surface area contributed by atoms with Gasteiger partial charge in [-0.15, -0.1) is 0 Å². The highest BCUT2D eigenvalue weighted by Crippen LogP contribution is 2.41. The van der Waals surface area contributed by atoms with Crippen LogP contribution in [0, 0.1) is 37.1 Å². The monoisotopic (exact) mass is 1200 g/mol. The molecule has 2 aliphatic rings. The summed E-state index contributed by atoms with van der Waals surface area (Å²) in [6.07, 6.45) is 0. The van der Waals surface area contributed by atoms with Gasteiger partial charge in [0.2, 0.25) is 11.9 Å². The molecule has 19 nitrogen and oxygen atoms in total. The number of rotatable bonds is 15. The molecule has 8 aromatic rings. The molecule has 0 unspecified atom stereocenters. The largest absolute Gasteiger partial charge is 0.478 e. The van der Waals surface area contributed by atoms with Crippen molar-refractivity contribution in [3.05, 3.63) is 188 Å². The number of benzene rings is 6. The number of likely N-dealkylation sites (N-methyl/N-ethyl adjacent to an activating group) is 2. The van der Waals surface area contributed by atoms with Crippen molar-refractivity contribution >= 4 is 93.4 Å². The molecule has 0 aliphatic carbocycles. The normalized spacial score (nSPS) is 12.4. The van der Waals surface area contributed by atoms with Crippen LogP contribution in [0.3, 0.4) is 0 Å². The van der Waals surface area contributed by atoms with Gasteiger partial charge in [0.25, 0.3) is 5.91 Å². The summed E-state index contributed by atoms with van der Waals surface area (Å²) in [7, 11) is 7.62. The van der Waals surface area contributed by atoms with Crippen molar-refractivity contribution in [1.82, 2.24) is 40.4 Å². The van der Waals surface area contributed by atoms with Crippen LogP contribution in [0.1, 0.15) is 43.0 Å². The van der Waals surface area contributed by atoms with E-state index in [0.29, 0.717) is 76.1 Å². The van der Waals surface area contributed by atoms with Crippen LogP contribution in [0.5, 0.6) is 0 Å². The topological polar surface area (TPSA) is 239 Å². The number of nitrogens with zero attached hydrogens (tertiary/aromatic N) is 8. The molecule has 0 radical (unpaired) electrons. The van der Waals surface area contributed by atoms with Gasteiger partial charge in [0.15, 0.2) is 11.6 Å². The van der Waals surface area contributed by atoms with Crippen LogP contribution >= 0.6 is 23.2 Å². The van der Waals surface area contributed by atoms with Crippen LogP contribution < -0.4 is 42.1 Å². The number of carbonyl (C=O) groups is 4. The fourth-order valence-corrected chi connectivity index (χ4v) is 9.00. The Morgan fingerprint density at radius 3 is 1.40 bits per heavy atom. The number of urea groups is 2. The van der Waals surface area contributed by atoms with E-state index in [0.717, 1.165) is 55.9 Å². The zero-order valence-corrected chi connectivity index (χ0v) is 48.3. The van der Waals surface area contributed by atoms with Crippen LogP contribution in [-0.2, 0) is 13.1 Å². The molecule has 0 saturated heterocycles. The van der Waals surface area contributed by atoms with Crippen molar-refractivity contribution in [2.45, 2.75) is 26.9 Å². The van der Waals surface area contributed by atoms with Gasteiger partial charge in [-0.25, -0.2) is 51.7 Å². The number of halogens is 6. The predicted molar refractivity (Wildman–Crippen MR) is 322 cm³/mol. The van der Waals surface area contributed by atoms with Gasteiger partial charge in [-0.3, -0.25) is 4.79 Å². The first-order valence-corrected chi connectivity index (χ1v) is 27.0. The average molecular weight is 1200 g/mol. The van der Waals surface area contributed by atoms with Crippen LogP contribution in [-0.4, -0.2) is 113 Å². The summed E-state index contributed by atoms with van der Waals surface area (Å²) in [5.74, 6) is -4.82. The molecule has 0 bridgehead atoms. The minimum absolute atomic E-state index is 0.00862. The quantitative estimate of drug-likeness (QED) is 0.0373. The third-order valence-electron chi connectivity index (χ3n) is 13.1. The van der Waals surface area contributed by atoms with E-state index in [-0.39, 0.29) is 48.1 Å². The number of para-hydroxylation sites is 2.